The maximum Gasteiger partial charge on any atom is 0.264 e. The van der Waals surface area contributed by atoms with E-state index in [4.69, 9.17) is 16.3 Å². The highest BCUT2D eigenvalue weighted by molar-refractivity contribution is 9.10. The fraction of sp³-hybridized carbons (Fsp3) is 0.0588. The third-order valence-corrected chi connectivity index (χ3v) is 4.90. The van der Waals surface area contributed by atoms with Gasteiger partial charge < -0.3 is 15.2 Å². The van der Waals surface area contributed by atoms with E-state index in [9.17, 15) is 9.90 Å². The molecular formula is C17H12BrClN2O3S. The maximum absolute atomic E-state index is 12.2. The molecule has 2 N–H and O–H groups in total. The van der Waals surface area contributed by atoms with Crippen molar-refractivity contribution in [1.82, 2.24) is 5.32 Å². The lowest BCUT2D eigenvalue weighted by Gasteiger charge is -2.07. The third-order valence-electron chi connectivity index (χ3n) is 3.28. The number of phenolic OH excluding ortho intramolecular Hbond substituents is 1. The van der Waals surface area contributed by atoms with Crippen molar-refractivity contribution in [3.05, 3.63) is 56.4 Å². The number of ether oxygens (including phenoxy) is 1. The first-order valence-electron chi connectivity index (χ1n) is 7.08. The molecular weight excluding hydrogens is 428 g/mol. The summed E-state index contributed by atoms with van der Waals surface area (Å²) in [5, 5.41) is 14.0. The van der Waals surface area contributed by atoms with Gasteiger partial charge in [-0.3, -0.25) is 4.79 Å². The maximum atomic E-state index is 12.2. The highest BCUT2D eigenvalue weighted by Crippen LogP contribution is 2.37. The van der Waals surface area contributed by atoms with Crippen LogP contribution in [0.25, 0.3) is 6.08 Å². The third kappa shape index (κ3) is 4.18. The van der Waals surface area contributed by atoms with Crippen LogP contribution < -0.4 is 10.1 Å². The molecule has 1 amide bonds. The number of aliphatic imine (C=N–C) groups is 1. The Morgan fingerprint density at radius 2 is 2.04 bits per heavy atom. The fourth-order valence-corrected chi connectivity index (χ4v) is 3.53. The van der Waals surface area contributed by atoms with Crippen LogP contribution in [0.2, 0.25) is 5.02 Å². The van der Waals surface area contributed by atoms with E-state index in [1.54, 1.807) is 42.5 Å². The van der Waals surface area contributed by atoms with Crippen LogP contribution in [-0.4, -0.2) is 23.3 Å². The van der Waals surface area contributed by atoms with E-state index >= 15 is 0 Å². The van der Waals surface area contributed by atoms with Crippen molar-refractivity contribution in [3.63, 3.8) is 0 Å². The van der Waals surface area contributed by atoms with Gasteiger partial charge in [-0.05, 0) is 54.2 Å². The van der Waals surface area contributed by atoms with Gasteiger partial charge in [0.25, 0.3) is 5.91 Å². The molecule has 8 heteroatoms. The van der Waals surface area contributed by atoms with Gasteiger partial charge >= 0.3 is 0 Å². The molecule has 0 radical (unpaired) electrons. The number of hydrogen-bond donors (Lipinski definition) is 2. The first-order chi connectivity index (χ1) is 12.0. The number of carbonyl (C=O) groups is 1. The quantitative estimate of drug-likeness (QED) is 0.680. The van der Waals surface area contributed by atoms with Crippen molar-refractivity contribution in [2.45, 2.75) is 0 Å². The smallest absolute Gasteiger partial charge is 0.264 e. The average molecular weight is 440 g/mol. The lowest BCUT2D eigenvalue weighted by atomic mass is 10.1. The van der Waals surface area contributed by atoms with Crippen LogP contribution in [0.3, 0.4) is 0 Å². The molecule has 25 heavy (non-hydrogen) atoms. The first kappa shape index (κ1) is 17.8. The summed E-state index contributed by atoms with van der Waals surface area (Å²) in [7, 11) is 1.46. The van der Waals surface area contributed by atoms with Gasteiger partial charge in [0, 0.05) is 15.1 Å². The number of rotatable bonds is 3. The Hall–Kier alpha value is -1.96. The van der Waals surface area contributed by atoms with Crippen LogP contribution in [-0.2, 0) is 4.79 Å². The molecule has 1 aliphatic heterocycles. The molecule has 0 spiro atoms. The summed E-state index contributed by atoms with van der Waals surface area (Å²) in [4.78, 5) is 16.9. The molecule has 0 aromatic heterocycles. The van der Waals surface area contributed by atoms with Crippen molar-refractivity contribution >= 4 is 62.1 Å². The van der Waals surface area contributed by atoms with E-state index in [-0.39, 0.29) is 11.7 Å². The number of methoxy groups -OCH3 is 1. The van der Waals surface area contributed by atoms with E-state index in [0.29, 0.717) is 32.1 Å². The van der Waals surface area contributed by atoms with Crippen molar-refractivity contribution in [1.29, 1.82) is 0 Å². The summed E-state index contributed by atoms with van der Waals surface area (Å²) in [5.74, 6) is 0.00503. The zero-order valence-electron chi connectivity index (χ0n) is 12.9. The lowest BCUT2D eigenvalue weighted by molar-refractivity contribution is -0.115. The lowest BCUT2D eigenvalue weighted by Crippen LogP contribution is -2.19. The molecule has 0 bridgehead atoms. The molecule has 5 nitrogen and oxygen atoms in total. The van der Waals surface area contributed by atoms with Gasteiger partial charge in [-0.25, -0.2) is 4.99 Å². The predicted octanol–water partition coefficient (Wildman–Crippen LogP) is 4.71. The van der Waals surface area contributed by atoms with E-state index in [0.717, 1.165) is 4.47 Å². The zero-order chi connectivity index (χ0) is 18.0. The number of aromatic hydroxyl groups is 1. The molecule has 0 atom stereocenters. The zero-order valence-corrected chi connectivity index (χ0v) is 16.1. The minimum Gasteiger partial charge on any atom is -0.504 e. The number of benzene rings is 2. The summed E-state index contributed by atoms with van der Waals surface area (Å²) in [6, 6.07) is 10.3. The Labute approximate surface area is 161 Å². The molecule has 128 valence electrons. The number of hydrogen-bond acceptors (Lipinski definition) is 5. The van der Waals surface area contributed by atoms with E-state index in [2.05, 4.69) is 26.2 Å². The monoisotopic (exact) mass is 438 g/mol. The Kier molecular flexibility index (Phi) is 5.36. The number of nitrogens with zero attached hydrogens (tertiary/aromatic N) is 1. The van der Waals surface area contributed by atoms with Crippen molar-refractivity contribution in [2.75, 3.05) is 7.11 Å². The number of thioether (sulfide) groups is 1. The number of nitrogens with one attached hydrogen (secondary N) is 1. The van der Waals surface area contributed by atoms with Gasteiger partial charge in [-0.15, -0.1) is 0 Å². The fourth-order valence-electron chi connectivity index (χ4n) is 2.11. The summed E-state index contributed by atoms with van der Waals surface area (Å²) < 4.78 is 5.85. The summed E-state index contributed by atoms with van der Waals surface area (Å²) in [6.45, 7) is 0. The van der Waals surface area contributed by atoms with E-state index in [1.807, 2.05) is 0 Å². The number of phenols is 1. The van der Waals surface area contributed by atoms with E-state index in [1.165, 1.54) is 18.9 Å². The molecule has 0 aliphatic carbocycles. The normalized spacial score (nSPS) is 17.2. The molecule has 0 saturated carbocycles. The number of halogens is 2. The Balaban J connectivity index is 1.89. The highest BCUT2D eigenvalue weighted by Gasteiger charge is 2.24. The summed E-state index contributed by atoms with van der Waals surface area (Å²) in [5.41, 5.74) is 1.15. The largest absolute Gasteiger partial charge is 0.504 e. The van der Waals surface area contributed by atoms with Crippen LogP contribution in [0.4, 0.5) is 5.69 Å². The van der Waals surface area contributed by atoms with Gasteiger partial charge in [0.15, 0.2) is 16.7 Å². The second-order valence-corrected chi connectivity index (χ2v) is 7.39. The van der Waals surface area contributed by atoms with Crippen LogP contribution >= 0.6 is 39.3 Å². The molecule has 1 saturated heterocycles. The van der Waals surface area contributed by atoms with Crippen LogP contribution in [0, 0.1) is 0 Å². The molecule has 3 rings (SSSR count). The van der Waals surface area contributed by atoms with E-state index < -0.39 is 0 Å². The minimum atomic E-state index is -0.281. The summed E-state index contributed by atoms with van der Waals surface area (Å²) in [6.07, 6.45) is 1.59. The second kappa shape index (κ2) is 7.51. The Morgan fingerprint density at radius 3 is 2.72 bits per heavy atom. The molecule has 2 aromatic carbocycles. The van der Waals surface area contributed by atoms with Crippen molar-refractivity contribution in [2.24, 2.45) is 4.99 Å². The Morgan fingerprint density at radius 1 is 1.32 bits per heavy atom. The number of carbonyl (C=O) groups excluding carboxylic acids is 1. The minimum absolute atomic E-state index is 0.0327. The van der Waals surface area contributed by atoms with Crippen LogP contribution in [0.5, 0.6) is 11.5 Å². The van der Waals surface area contributed by atoms with Gasteiger partial charge in [-0.2, -0.15) is 0 Å². The predicted molar refractivity (Wildman–Crippen MR) is 105 cm³/mol. The topological polar surface area (TPSA) is 70.9 Å². The Bertz CT molecular complexity index is 898. The number of amidine groups is 1. The van der Waals surface area contributed by atoms with Gasteiger partial charge in [0.1, 0.15) is 0 Å². The molecule has 1 fully saturated rings. The molecule has 1 heterocycles. The van der Waals surface area contributed by atoms with Gasteiger partial charge in [0.05, 0.1) is 17.7 Å². The van der Waals surface area contributed by atoms with Gasteiger partial charge in [0.2, 0.25) is 0 Å². The molecule has 1 aliphatic rings. The highest BCUT2D eigenvalue weighted by atomic mass is 79.9. The standard InChI is InChI=1S/C17H12BrClN2O3S/c1-24-13-8-10(18)6-9(15(13)22)7-14-16(23)21-17(25-14)20-12-4-2-11(19)3-5-12/h2-8,22H,1H3,(H,20,21,23)/b14-7-. The summed E-state index contributed by atoms with van der Waals surface area (Å²) >= 11 is 10.4. The SMILES string of the molecule is COc1cc(Br)cc(/C=C2\SC(=Nc3ccc(Cl)cc3)NC2=O)c1O. The average Bonchev–Trinajstić information content (AvgIpc) is 2.92. The second-order valence-electron chi connectivity index (χ2n) is 5.00. The van der Waals surface area contributed by atoms with Crippen molar-refractivity contribution in [3.8, 4) is 11.5 Å². The number of amides is 1. The molecule has 0 unspecified atom stereocenters. The van der Waals surface area contributed by atoms with Gasteiger partial charge in [-0.1, -0.05) is 27.5 Å². The van der Waals surface area contributed by atoms with Crippen molar-refractivity contribution < 1.29 is 14.6 Å². The van der Waals surface area contributed by atoms with Crippen LogP contribution in [0.15, 0.2) is 50.8 Å². The molecule has 2 aromatic rings. The first-order valence-corrected chi connectivity index (χ1v) is 9.06. The van der Waals surface area contributed by atoms with Crippen LogP contribution in [0.1, 0.15) is 5.56 Å².